The Labute approximate surface area is 115 Å². The average molecular weight is 284 g/mol. The van der Waals surface area contributed by atoms with Crippen LogP contribution in [-0.4, -0.2) is 35.9 Å². The van der Waals surface area contributed by atoms with Crippen molar-refractivity contribution in [2.75, 3.05) is 25.5 Å². The van der Waals surface area contributed by atoms with Gasteiger partial charge in [-0.3, -0.25) is 4.79 Å². The second kappa shape index (κ2) is 5.54. The Hall–Kier alpha value is -1.33. The zero-order chi connectivity index (χ0) is 13.1. The van der Waals surface area contributed by atoms with E-state index in [0.29, 0.717) is 11.6 Å². The number of nitrogens with zero attached hydrogens (tertiary/aromatic N) is 2. The molecule has 0 saturated carbocycles. The van der Waals surface area contributed by atoms with Crippen LogP contribution in [0.2, 0.25) is 5.02 Å². The zero-order valence-corrected chi connectivity index (χ0v) is 11.8. The smallest absolute Gasteiger partial charge is 0.241 e. The molecule has 1 aromatic heterocycles. The van der Waals surface area contributed by atoms with Gasteiger partial charge in [0.25, 0.3) is 0 Å². The number of rotatable bonds is 4. The summed E-state index contributed by atoms with van der Waals surface area (Å²) in [5.74, 6) is 0.0507. The van der Waals surface area contributed by atoms with Crippen LogP contribution in [0.3, 0.4) is 0 Å². The molecule has 1 N–H and O–H groups in total. The van der Waals surface area contributed by atoms with E-state index in [-0.39, 0.29) is 12.5 Å². The fourth-order valence-electron chi connectivity index (χ4n) is 1.44. The predicted molar refractivity (Wildman–Crippen MR) is 76.4 cm³/mol. The topological polar surface area (TPSA) is 45.2 Å². The number of carbonyl (C=O) groups is 1. The molecule has 2 rings (SSSR count). The van der Waals surface area contributed by atoms with Gasteiger partial charge in [0.05, 0.1) is 16.8 Å². The van der Waals surface area contributed by atoms with E-state index in [9.17, 15) is 4.79 Å². The molecule has 1 aromatic carbocycles. The highest BCUT2D eigenvalue weighted by atomic mass is 35.5. The number of nitrogens with one attached hydrogen (secondary N) is 1. The van der Waals surface area contributed by atoms with Gasteiger partial charge in [-0.15, -0.1) is 0 Å². The first-order valence-electron chi connectivity index (χ1n) is 5.64. The van der Waals surface area contributed by atoms with Crippen molar-refractivity contribution in [3.05, 3.63) is 23.2 Å². The molecule has 0 spiro atoms. The zero-order valence-electron chi connectivity index (χ0n) is 10.2. The van der Waals surface area contributed by atoms with E-state index in [2.05, 4.69) is 10.3 Å². The minimum absolute atomic E-state index is 0.0507. The van der Waals surface area contributed by atoms with E-state index in [4.69, 9.17) is 11.6 Å². The number of amides is 1. The highest BCUT2D eigenvalue weighted by Gasteiger charge is 2.08. The lowest BCUT2D eigenvalue weighted by Crippen LogP contribution is -2.31. The van der Waals surface area contributed by atoms with E-state index >= 15 is 0 Å². The normalized spacial score (nSPS) is 10.6. The van der Waals surface area contributed by atoms with E-state index in [1.807, 2.05) is 25.1 Å². The van der Waals surface area contributed by atoms with Gasteiger partial charge in [-0.25, -0.2) is 4.98 Å². The fraction of sp³-hybridized carbons (Fsp3) is 0.333. The molecule has 0 radical (unpaired) electrons. The van der Waals surface area contributed by atoms with Gasteiger partial charge in [-0.2, -0.15) is 0 Å². The van der Waals surface area contributed by atoms with E-state index in [1.165, 1.54) is 11.3 Å². The van der Waals surface area contributed by atoms with Crippen LogP contribution in [0.25, 0.3) is 10.2 Å². The molecule has 6 heteroatoms. The lowest BCUT2D eigenvalue weighted by atomic mass is 10.3. The molecule has 96 valence electrons. The van der Waals surface area contributed by atoms with Crippen LogP contribution >= 0.6 is 22.9 Å². The SMILES string of the molecule is CCN(C)C(=O)CNc1nc2ccc(Cl)cc2s1. The highest BCUT2D eigenvalue weighted by Crippen LogP contribution is 2.28. The maximum absolute atomic E-state index is 11.6. The van der Waals surface area contributed by atoms with Crippen LogP contribution in [0, 0.1) is 0 Å². The molecule has 18 heavy (non-hydrogen) atoms. The molecule has 0 bridgehead atoms. The van der Waals surface area contributed by atoms with Crippen LogP contribution in [0.15, 0.2) is 18.2 Å². The van der Waals surface area contributed by atoms with Gasteiger partial charge in [0, 0.05) is 18.6 Å². The Balaban J connectivity index is 2.06. The van der Waals surface area contributed by atoms with E-state index in [1.54, 1.807) is 11.9 Å². The second-order valence-electron chi connectivity index (χ2n) is 3.89. The summed E-state index contributed by atoms with van der Waals surface area (Å²) in [6.07, 6.45) is 0. The van der Waals surface area contributed by atoms with Crippen molar-refractivity contribution in [3.63, 3.8) is 0 Å². The third-order valence-electron chi connectivity index (χ3n) is 2.64. The quantitative estimate of drug-likeness (QED) is 0.938. The maximum atomic E-state index is 11.6. The Morgan fingerprint density at radius 2 is 2.33 bits per heavy atom. The molecule has 0 saturated heterocycles. The third-order valence-corrected chi connectivity index (χ3v) is 3.85. The molecule has 0 atom stereocenters. The van der Waals surface area contributed by atoms with Crippen molar-refractivity contribution in [1.82, 2.24) is 9.88 Å². The monoisotopic (exact) mass is 283 g/mol. The van der Waals surface area contributed by atoms with Gasteiger partial charge >= 0.3 is 0 Å². The van der Waals surface area contributed by atoms with Crippen molar-refractivity contribution in [2.24, 2.45) is 0 Å². The predicted octanol–water partition coefficient (Wildman–Crippen LogP) is 2.84. The molecular formula is C12H14ClN3OS. The Morgan fingerprint density at radius 3 is 3.06 bits per heavy atom. The first kappa shape index (κ1) is 13.1. The molecule has 0 unspecified atom stereocenters. The number of likely N-dealkylation sites (N-methyl/N-ethyl adjacent to an activating group) is 1. The average Bonchev–Trinajstić information content (AvgIpc) is 2.76. The standard InChI is InChI=1S/C12H14ClN3OS/c1-3-16(2)11(17)7-14-12-15-9-5-4-8(13)6-10(9)18-12/h4-6H,3,7H2,1-2H3,(H,14,15). The number of anilines is 1. The summed E-state index contributed by atoms with van der Waals surface area (Å²) in [4.78, 5) is 17.7. The second-order valence-corrected chi connectivity index (χ2v) is 5.36. The number of thiazole rings is 1. The van der Waals surface area contributed by atoms with Crippen LogP contribution in [-0.2, 0) is 4.79 Å². The number of benzene rings is 1. The Bertz CT molecular complexity index is 569. The summed E-state index contributed by atoms with van der Waals surface area (Å²) in [5, 5.41) is 4.48. The fourth-order valence-corrected chi connectivity index (χ4v) is 2.57. The van der Waals surface area contributed by atoms with Gasteiger partial charge in [-0.05, 0) is 25.1 Å². The first-order chi connectivity index (χ1) is 8.60. The van der Waals surface area contributed by atoms with Gasteiger partial charge in [0.1, 0.15) is 0 Å². The molecule has 2 aromatic rings. The molecule has 1 amide bonds. The maximum Gasteiger partial charge on any atom is 0.241 e. The lowest BCUT2D eigenvalue weighted by molar-refractivity contribution is -0.127. The summed E-state index contributed by atoms with van der Waals surface area (Å²) in [5.41, 5.74) is 0.892. The molecule has 0 aliphatic heterocycles. The molecule has 0 fully saturated rings. The number of hydrogen-bond donors (Lipinski definition) is 1. The first-order valence-corrected chi connectivity index (χ1v) is 6.83. The van der Waals surface area contributed by atoms with Crippen LogP contribution in [0.5, 0.6) is 0 Å². The van der Waals surface area contributed by atoms with Gasteiger partial charge in [0.2, 0.25) is 5.91 Å². The number of halogens is 1. The Kier molecular flexibility index (Phi) is 4.04. The van der Waals surface area contributed by atoms with Gasteiger partial charge in [0.15, 0.2) is 5.13 Å². The van der Waals surface area contributed by atoms with Crippen LogP contribution < -0.4 is 5.32 Å². The molecule has 1 heterocycles. The molecule has 4 nitrogen and oxygen atoms in total. The van der Waals surface area contributed by atoms with Crippen LogP contribution in [0.1, 0.15) is 6.92 Å². The Morgan fingerprint density at radius 1 is 1.56 bits per heavy atom. The summed E-state index contributed by atoms with van der Waals surface area (Å²) >= 11 is 7.41. The molecule has 0 aliphatic carbocycles. The van der Waals surface area contributed by atoms with Gasteiger partial charge in [-0.1, -0.05) is 22.9 Å². The summed E-state index contributed by atoms with van der Waals surface area (Å²) in [7, 11) is 1.78. The summed E-state index contributed by atoms with van der Waals surface area (Å²) < 4.78 is 1.02. The van der Waals surface area contributed by atoms with Crippen molar-refractivity contribution in [3.8, 4) is 0 Å². The minimum Gasteiger partial charge on any atom is -0.352 e. The van der Waals surface area contributed by atoms with E-state index in [0.717, 1.165) is 15.3 Å². The van der Waals surface area contributed by atoms with E-state index < -0.39 is 0 Å². The van der Waals surface area contributed by atoms with Crippen molar-refractivity contribution in [2.45, 2.75) is 6.92 Å². The van der Waals surface area contributed by atoms with Crippen LogP contribution in [0.4, 0.5) is 5.13 Å². The van der Waals surface area contributed by atoms with Crippen molar-refractivity contribution < 1.29 is 4.79 Å². The number of aromatic nitrogens is 1. The van der Waals surface area contributed by atoms with Crippen molar-refractivity contribution >= 4 is 44.2 Å². The lowest BCUT2D eigenvalue weighted by Gasteiger charge is -2.14. The molecule has 0 aliphatic rings. The van der Waals surface area contributed by atoms with Crippen molar-refractivity contribution in [1.29, 1.82) is 0 Å². The largest absolute Gasteiger partial charge is 0.352 e. The third kappa shape index (κ3) is 2.91. The van der Waals surface area contributed by atoms with Gasteiger partial charge < -0.3 is 10.2 Å². The molecular weight excluding hydrogens is 270 g/mol. The summed E-state index contributed by atoms with van der Waals surface area (Å²) in [6.45, 7) is 2.91. The minimum atomic E-state index is 0.0507. The number of fused-ring (bicyclic) bond motifs is 1. The summed E-state index contributed by atoms with van der Waals surface area (Å²) in [6, 6.07) is 5.56. The number of carbonyl (C=O) groups excluding carboxylic acids is 1. The highest BCUT2D eigenvalue weighted by molar-refractivity contribution is 7.22. The number of hydrogen-bond acceptors (Lipinski definition) is 4.